The van der Waals surface area contributed by atoms with Gasteiger partial charge in [-0.3, -0.25) is 0 Å². The first-order valence-corrected chi connectivity index (χ1v) is 7.36. The minimum absolute atomic E-state index is 0.516. The zero-order valence-corrected chi connectivity index (χ0v) is 12.7. The predicted octanol–water partition coefficient (Wildman–Crippen LogP) is 4.19. The Kier molecular flexibility index (Phi) is 6.85. The quantitative estimate of drug-likeness (QED) is 0.723. The molecule has 1 N–H and O–H groups in total. The van der Waals surface area contributed by atoms with E-state index in [4.69, 9.17) is 5.11 Å². The van der Waals surface area contributed by atoms with E-state index in [-0.39, 0.29) is 0 Å². The summed E-state index contributed by atoms with van der Waals surface area (Å²) in [6.45, 7) is 7.71. The fourth-order valence-corrected chi connectivity index (χ4v) is 2.10. The van der Waals surface area contributed by atoms with E-state index in [0.29, 0.717) is 6.04 Å². The number of carboxylic acids is 1. The molecule has 0 saturated heterocycles. The fourth-order valence-electron chi connectivity index (χ4n) is 2.10. The number of hydrogen-bond donors (Lipinski definition) is 1. The summed E-state index contributed by atoms with van der Waals surface area (Å²) in [5, 5.41) is 8.62. The molecular formula is C17H25NO2. The third-order valence-corrected chi connectivity index (χ3v) is 3.52. The summed E-state index contributed by atoms with van der Waals surface area (Å²) in [5.74, 6) is -0.918. The van der Waals surface area contributed by atoms with Crippen molar-refractivity contribution in [3.63, 3.8) is 0 Å². The highest BCUT2D eigenvalue weighted by Gasteiger charge is 2.11. The first kappa shape index (κ1) is 16.3. The minimum Gasteiger partial charge on any atom is -0.478 e. The predicted molar refractivity (Wildman–Crippen MR) is 85.1 cm³/mol. The van der Waals surface area contributed by atoms with E-state index in [2.05, 4.69) is 37.8 Å². The summed E-state index contributed by atoms with van der Waals surface area (Å²) in [4.78, 5) is 12.9. The molecule has 0 spiro atoms. The number of unbranched alkanes of at least 4 members (excludes halogenated alkanes) is 1. The van der Waals surface area contributed by atoms with Crippen molar-refractivity contribution in [1.82, 2.24) is 0 Å². The van der Waals surface area contributed by atoms with Gasteiger partial charge in [-0.15, -0.1) is 0 Å². The van der Waals surface area contributed by atoms with Crippen molar-refractivity contribution < 1.29 is 9.90 Å². The van der Waals surface area contributed by atoms with Crippen molar-refractivity contribution in [2.75, 3.05) is 11.4 Å². The van der Waals surface area contributed by atoms with Crippen LogP contribution in [0.4, 0.5) is 5.69 Å². The lowest BCUT2D eigenvalue weighted by molar-refractivity contribution is -0.131. The Labute approximate surface area is 121 Å². The van der Waals surface area contributed by atoms with Crippen LogP contribution in [0.25, 0.3) is 6.08 Å². The molecule has 3 nitrogen and oxygen atoms in total. The van der Waals surface area contributed by atoms with Crippen LogP contribution < -0.4 is 4.90 Å². The summed E-state index contributed by atoms with van der Waals surface area (Å²) in [6.07, 6.45) is 6.27. The lowest BCUT2D eigenvalue weighted by atomic mass is 10.1. The van der Waals surface area contributed by atoms with E-state index in [0.717, 1.165) is 18.5 Å². The van der Waals surface area contributed by atoms with Gasteiger partial charge in [-0.25, -0.2) is 4.79 Å². The molecule has 0 amide bonds. The Morgan fingerprint density at radius 3 is 2.45 bits per heavy atom. The molecule has 0 aliphatic rings. The molecular weight excluding hydrogens is 250 g/mol. The van der Waals surface area contributed by atoms with Gasteiger partial charge in [-0.1, -0.05) is 32.4 Å². The standard InChI is InChI=1S/C17H25NO2/c1-4-6-13-18(14(3)5-2)16-10-7-15(8-11-16)9-12-17(19)20/h7-12,14H,4-6,13H2,1-3H3,(H,19,20). The third kappa shape index (κ3) is 5.08. The lowest BCUT2D eigenvalue weighted by Crippen LogP contribution is -2.33. The van der Waals surface area contributed by atoms with Gasteiger partial charge in [0.2, 0.25) is 0 Å². The summed E-state index contributed by atoms with van der Waals surface area (Å²) >= 11 is 0. The molecule has 0 heterocycles. The van der Waals surface area contributed by atoms with Crippen LogP contribution in [0.3, 0.4) is 0 Å². The molecule has 1 atom stereocenters. The third-order valence-electron chi connectivity index (χ3n) is 3.52. The van der Waals surface area contributed by atoms with Crippen LogP contribution >= 0.6 is 0 Å². The molecule has 1 unspecified atom stereocenters. The topological polar surface area (TPSA) is 40.5 Å². The largest absolute Gasteiger partial charge is 0.478 e. The van der Waals surface area contributed by atoms with Crippen LogP contribution in [-0.2, 0) is 4.79 Å². The highest BCUT2D eigenvalue weighted by atomic mass is 16.4. The molecule has 0 aliphatic heterocycles. The summed E-state index contributed by atoms with van der Waals surface area (Å²) in [5.41, 5.74) is 2.12. The smallest absolute Gasteiger partial charge is 0.328 e. The molecule has 0 aliphatic carbocycles. The first-order valence-electron chi connectivity index (χ1n) is 7.36. The molecule has 0 aromatic heterocycles. The monoisotopic (exact) mass is 275 g/mol. The van der Waals surface area contributed by atoms with Gasteiger partial charge >= 0.3 is 5.97 Å². The number of benzene rings is 1. The Balaban J connectivity index is 2.84. The Morgan fingerprint density at radius 2 is 1.95 bits per heavy atom. The van der Waals surface area contributed by atoms with Gasteiger partial charge in [0.05, 0.1) is 0 Å². The molecule has 0 radical (unpaired) electrons. The van der Waals surface area contributed by atoms with E-state index in [9.17, 15) is 4.79 Å². The molecule has 3 heteroatoms. The van der Waals surface area contributed by atoms with E-state index in [1.54, 1.807) is 6.08 Å². The van der Waals surface area contributed by atoms with Crippen LogP contribution in [0.1, 0.15) is 45.6 Å². The number of hydrogen-bond acceptors (Lipinski definition) is 2. The number of carbonyl (C=O) groups is 1. The summed E-state index contributed by atoms with van der Waals surface area (Å²) < 4.78 is 0. The molecule has 1 rings (SSSR count). The summed E-state index contributed by atoms with van der Waals surface area (Å²) in [6, 6.07) is 8.60. The van der Waals surface area contributed by atoms with E-state index in [1.807, 2.05) is 12.1 Å². The van der Waals surface area contributed by atoms with Crippen molar-refractivity contribution in [3.8, 4) is 0 Å². The van der Waals surface area contributed by atoms with Crippen LogP contribution in [0.15, 0.2) is 30.3 Å². The molecule has 0 saturated carbocycles. The molecule has 1 aromatic rings. The van der Waals surface area contributed by atoms with Gasteiger partial charge in [0.25, 0.3) is 0 Å². The molecule has 20 heavy (non-hydrogen) atoms. The van der Waals surface area contributed by atoms with Crippen molar-refractivity contribution >= 4 is 17.7 Å². The van der Waals surface area contributed by atoms with Gasteiger partial charge in [0, 0.05) is 24.4 Å². The van der Waals surface area contributed by atoms with Gasteiger partial charge in [-0.2, -0.15) is 0 Å². The Bertz CT molecular complexity index is 437. The highest BCUT2D eigenvalue weighted by molar-refractivity contribution is 5.85. The second-order valence-electron chi connectivity index (χ2n) is 5.07. The lowest BCUT2D eigenvalue weighted by Gasteiger charge is -2.31. The van der Waals surface area contributed by atoms with Gasteiger partial charge < -0.3 is 10.0 Å². The van der Waals surface area contributed by atoms with Crippen LogP contribution in [-0.4, -0.2) is 23.7 Å². The van der Waals surface area contributed by atoms with Crippen LogP contribution in [0.2, 0.25) is 0 Å². The normalized spacial score (nSPS) is 12.6. The number of aliphatic carboxylic acids is 1. The number of rotatable bonds is 8. The number of nitrogens with zero attached hydrogens (tertiary/aromatic N) is 1. The second-order valence-corrected chi connectivity index (χ2v) is 5.07. The van der Waals surface area contributed by atoms with Crippen molar-refractivity contribution in [2.45, 2.75) is 46.1 Å². The van der Waals surface area contributed by atoms with Crippen LogP contribution in [0.5, 0.6) is 0 Å². The molecule has 1 aromatic carbocycles. The van der Waals surface area contributed by atoms with Gasteiger partial charge in [-0.05, 0) is 43.5 Å². The second kappa shape index (κ2) is 8.41. The fraction of sp³-hybridized carbons (Fsp3) is 0.471. The van der Waals surface area contributed by atoms with E-state index in [1.165, 1.54) is 24.6 Å². The van der Waals surface area contributed by atoms with Gasteiger partial charge in [0.1, 0.15) is 0 Å². The van der Waals surface area contributed by atoms with Gasteiger partial charge in [0.15, 0.2) is 0 Å². The maximum atomic E-state index is 10.5. The van der Waals surface area contributed by atoms with Crippen LogP contribution in [0, 0.1) is 0 Å². The number of carboxylic acid groups (broad SMARTS) is 1. The van der Waals surface area contributed by atoms with Crippen molar-refractivity contribution in [2.24, 2.45) is 0 Å². The SMILES string of the molecule is CCCCN(c1ccc(C=CC(=O)O)cc1)C(C)CC. The average Bonchev–Trinajstić information content (AvgIpc) is 2.46. The molecule has 110 valence electrons. The minimum atomic E-state index is -0.918. The Hall–Kier alpha value is -1.77. The first-order chi connectivity index (χ1) is 9.58. The zero-order valence-electron chi connectivity index (χ0n) is 12.7. The molecule has 0 bridgehead atoms. The van der Waals surface area contributed by atoms with Crippen molar-refractivity contribution in [3.05, 3.63) is 35.9 Å². The zero-order chi connectivity index (χ0) is 15.0. The summed E-state index contributed by atoms with van der Waals surface area (Å²) in [7, 11) is 0. The Morgan fingerprint density at radius 1 is 1.30 bits per heavy atom. The van der Waals surface area contributed by atoms with E-state index < -0.39 is 5.97 Å². The maximum Gasteiger partial charge on any atom is 0.328 e. The number of anilines is 1. The van der Waals surface area contributed by atoms with E-state index >= 15 is 0 Å². The highest BCUT2D eigenvalue weighted by Crippen LogP contribution is 2.20. The average molecular weight is 275 g/mol. The van der Waals surface area contributed by atoms with Crippen molar-refractivity contribution in [1.29, 1.82) is 0 Å². The maximum absolute atomic E-state index is 10.5. The molecule has 0 fully saturated rings.